The largest absolute Gasteiger partial charge is 0.386 e. The first-order valence-electron chi connectivity index (χ1n) is 7.42. The van der Waals surface area contributed by atoms with Crippen LogP contribution in [0.5, 0.6) is 0 Å². The first-order chi connectivity index (χ1) is 11.3. The summed E-state index contributed by atoms with van der Waals surface area (Å²) >= 11 is 10.7. The number of alkyl halides is 1. The highest BCUT2D eigenvalue weighted by molar-refractivity contribution is 7.78. The molecule has 1 aromatic carbocycles. The van der Waals surface area contributed by atoms with E-state index in [1.54, 1.807) is 6.07 Å². The molecule has 130 valence electrons. The first kappa shape index (κ1) is 17.8. The van der Waals surface area contributed by atoms with E-state index in [0.29, 0.717) is 23.7 Å². The number of benzene rings is 1. The summed E-state index contributed by atoms with van der Waals surface area (Å²) in [4.78, 5) is 3.23. The van der Waals surface area contributed by atoms with E-state index in [-0.39, 0.29) is 18.7 Å². The van der Waals surface area contributed by atoms with Crippen molar-refractivity contribution in [2.75, 3.05) is 0 Å². The van der Waals surface area contributed by atoms with Gasteiger partial charge >= 0.3 is 0 Å². The minimum Gasteiger partial charge on any atom is -0.386 e. The first-order valence-corrected chi connectivity index (χ1v) is 9.45. The summed E-state index contributed by atoms with van der Waals surface area (Å²) in [6.07, 6.45) is 2.93. The van der Waals surface area contributed by atoms with Gasteiger partial charge in [-0.15, -0.1) is 11.6 Å². The molecule has 24 heavy (non-hydrogen) atoms. The van der Waals surface area contributed by atoms with Crippen molar-refractivity contribution in [2.45, 2.75) is 42.0 Å². The molecule has 0 amide bonds. The van der Waals surface area contributed by atoms with Crippen LogP contribution in [0.1, 0.15) is 24.2 Å². The van der Waals surface area contributed by atoms with Crippen molar-refractivity contribution in [3.05, 3.63) is 47.0 Å². The van der Waals surface area contributed by atoms with Crippen molar-refractivity contribution in [1.82, 2.24) is 14.8 Å². The fourth-order valence-corrected chi connectivity index (χ4v) is 3.65. The Morgan fingerprint density at radius 1 is 1.38 bits per heavy atom. The van der Waals surface area contributed by atoms with Crippen LogP contribution in [0.3, 0.4) is 0 Å². The smallest absolute Gasteiger partial charge is 0.160 e. The lowest BCUT2D eigenvalue weighted by Crippen LogP contribution is -2.47. The van der Waals surface area contributed by atoms with Gasteiger partial charge in [0, 0.05) is 11.4 Å². The molecule has 3 rings (SSSR count). The van der Waals surface area contributed by atoms with Crippen LogP contribution >= 0.6 is 23.2 Å². The van der Waals surface area contributed by atoms with Crippen LogP contribution in [0, 0.1) is 0 Å². The number of hydrogen-bond acceptors (Lipinski definition) is 4. The van der Waals surface area contributed by atoms with E-state index in [4.69, 9.17) is 27.8 Å². The Bertz CT molecular complexity index is 766. The lowest BCUT2D eigenvalue weighted by atomic mass is 9.89. The van der Waals surface area contributed by atoms with Gasteiger partial charge in [-0.2, -0.15) is 5.10 Å². The van der Waals surface area contributed by atoms with E-state index in [1.165, 1.54) is 11.0 Å². The summed E-state index contributed by atoms with van der Waals surface area (Å²) in [6, 6.07) is 7.29. The predicted molar refractivity (Wildman–Crippen MR) is 92.4 cm³/mol. The van der Waals surface area contributed by atoms with Crippen LogP contribution < -0.4 is 0 Å². The van der Waals surface area contributed by atoms with Gasteiger partial charge in [-0.25, -0.2) is 13.9 Å². The molecule has 1 heterocycles. The molecule has 2 aromatic rings. The number of aliphatic hydroxyl groups is 1. The Hall–Kier alpha value is -0.990. The van der Waals surface area contributed by atoms with Gasteiger partial charge in [0.15, 0.2) is 11.1 Å². The van der Waals surface area contributed by atoms with Crippen LogP contribution in [-0.4, -0.2) is 39.1 Å². The van der Waals surface area contributed by atoms with E-state index in [0.717, 1.165) is 5.56 Å². The molecular weight excluding hydrogens is 373 g/mol. The Kier molecular flexibility index (Phi) is 4.99. The van der Waals surface area contributed by atoms with Gasteiger partial charge in [-0.3, -0.25) is 0 Å². The fourth-order valence-electron chi connectivity index (χ4n) is 2.78. The maximum absolute atomic E-state index is 11.3. The molecule has 1 aromatic heterocycles. The van der Waals surface area contributed by atoms with Crippen molar-refractivity contribution in [3.63, 3.8) is 0 Å². The highest BCUT2D eigenvalue weighted by Gasteiger charge is 2.58. The van der Waals surface area contributed by atoms with Gasteiger partial charge in [0.05, 0.1) is 11.4 Å². The van der Waals surface area contributed by atoms with Gasteiger partial charge in [0.25, 0.3) is 0 Å². The van der Waals surface area contributed by atoms with Crippen LogP contribution in [-0.2, 0) is 29.8 Å². The van der Waals surface area contributed by atoms with Crippen LogP contribution in [0.4, 0.5) is 0 Å². The minimum atomic E-state index is -2.04. The standard InChI is InChI=1S/C15H17Cl2N3O3S/c16-12-4-2-1-3-11(12)7-15(21,14(17)5-6-14)9-20-13(8-24(22)23)18-10-19-20/h1-4,10,21H,5-9H2,(H,22,23). The third kappa shape index (κ3) is 3.65. The number of halogens is 2. The molecular formula is C15H17Cl2N3O3S. The van der Waals surface area contributed by atoms with Crippen molar-refractivity contribution in [1.29, 1.82) is 0 Å². The molecule has 1 aliphatic carbocycles. The molecule has 2 N–H and O–H groups in total. The number of nitrogens with zero attached hydrogens (tertiary/aromatic N) is 3. The number of aromatic nitrogens is 3. The molecule has 0 spiro atoms. The van der Waals surface area contributed by atoms with Gasteiger partial charge < -0.3 is 9.66 Å². The number of rotatable bonds is 7. The Balaban J connectivity index is 1.89. The van der Waals surface area contributed by atoms with E-state index in [2.05, 4.69) is 10.1 Å². The second-order valence-electron chi connectivity index (χ2n) is 6.06. The third-order valence-electron chi connectivity index (χ3n) is 4.32. The molecule has 1 fully saturated rings. The van der Waals surface area contributed by atoms with E-state index < -0.39 is 21.6 Å². The Morgan fingerprint density at radius 3 is 2.71 bits per heavy atom. The Morgan fingerprint density at radius 2 is 2.08 bits per heavy atom. The predicted octanol–water partition coefficient (Wildman–Crippen LogP) is 2.40. The molecule has 1 saturated carbocycles. The van der Waals surface area contributed by atoms with Crippen molar-refractivity contribution < 1.29 is 13.9 Å². The van der Waals surface area contributed by atoms with Gasteiger partial charge in [-0.05, 0) is 24.5 Å². The second-order valence-corrected chi connectivity index (χ2v) is 8.13. The lowest BCUT2D eigenvalue weighted by Gasteiger charge is -2.33. The zero-order chi connectivity index (χ0) is 17.4. The topological polar surface area (TPSA) is 88.2 Å². The van der Waals surface area contributed by atoms with Crippen LogP contribution in [0.25, 0.3) is 0 Å². The SMILES string of the molecule is O=S(O)Cc1ncnn1CC(O)(Cc1ccccc1Cl)C1(Cl)CC1. The summed E-state index contributed by atoms with van der Waals surface area (Å²) in [5.41, 5.74) is -0.500. The maximum Gasteiger partial charge on any atom is 0.160 e. The normalized spacial score (nSPS) is 19.7. The summed E-state index contributed by atoms with van der Waals surface area (Å²) in [5.74, 6) is 0.173. The van der Waals surface area contributed by atoms with Gasteiger partial charge in [0.1, 0.15) is 23.5 Å². The summed E-state index contributed by atoms with van der Waals surface area (Å²) in [6.45, 7) is 0.0776. The average molecular weight is 390 g/mol. The van der Waals surface area contributed by atoms with E-state index >= 15 is 0 Å². The molecule has 2 atom stereocenters. The quantitative estimate of drug-likeness (QED) is 0.560. The Labute approximate surface area is 152 Å². The maximum atomic E-state index is 11.3. The molecule has 9 heteroatoms. The van der Waals surface area contributed by atoms with Crippen LogP contribution in [0.15, 0.2) is 30.6 Å². The van der Waals surface area contributed by atoms with Crippen molar-refractivity contribution in [3.8, 4) is 0 Å². The zero-order valence-electron chi connectivity index (χ0n) is 12.7. The van der Waals surface area contributed by atoms with Gasteiger partial charge in [0.2, 0.25) is 0 Å². The molecule has 1 aliphatic rings. The molecule has 0 saturated heterocycles. The minimum absolute atomic E-state index is 0.0776. The summed E-state index contributed by atoms with van der Waals surface area (Å²) < 4.78 is 21.6. The zero-order valence-corrected chi connectivity index (χ0v) is 15.1. The number of hydrogen-bond donors (Lipinski definition) is 2. The lowest BCUT2D eigenvalue weighted by molar-refractivity contribution is 0.00701. The molecule has 0 bridgehead atoms. The molecule has 6 nitrogen and oxygen atoms in total. The fraction of sp³-hybridized carbons (Fsp3) is 0.467. The van der Waals surface area contributed by atoms with Crippen molar-refractivity contribution >= 4 is 34.3 Å². The van der Waals surface area contributed by atoms with Crippen LogP contribution in [0.2, 0.25) is 5.02 Å². The molecule has 0 radical (unpaired) electrons. The van der Waals surface area contributed by atoms with Gasteiger partial charge in [-0.1, -0.05) is 29.8 Å². The molecule has 0 aliphatic heterocycles. The summed E-state index contributed by atoms with van der Waals surface area (Å²) in [7, 11) is 0. The summed E-state index contributed by atoms with van der Waals surface area (Å²) in [5, 5.41) is 15.9. The third-order valence-corrected chi connectivity index (χ3v) is 5.93. The van der Waals surface area contributed by atoms with E-state index in [1.807, 2.05) is 18.2 Å². The van der Waals surface area contributed by atoms with Crippen molar-refractivity contribution in [2.24, 2.45) is 0 Å². The molecule has 2 unspecified atom stereocenters. The average Bonchev–Trinajstić information content (AvgIpc) is 3.14. The highest BCUT2D eigenvalue weighted by Crippen LogP contribution is 2.53. The monoisotopic (exact) mass is 389 g/mol. The second kappa shape index (κ2) is 6.72. The highest BCUT2D eigenvalue weighted by atomic mass is 35.5. The van der Waals surface area contributed by atoms with E-state index in [9.17, 15) is 9.32 Å².